The van der Waals surface area contributed by atoms with Gasteiger partial charge < -0.3 is 4.42 Å². The van der Waals surface area contributed by atoms with E-state index in [1.165, 1.54) is 18.3 Å². The molecule has 0 radical (unpaired) electrons. The molecule has 0 aliphatic heterocycles. The molecule has 0 spiro atoms. The Morgan fingerprint density at radius 1 is 1.32 bits per heavy atom. The van der Waals surface area contributed by atoms with Crippen LogP contribution in [-0.4, -0.2) is 16.7 Å². The van der Waals surface area contributed by atoms with Gasteiger partial charge in [-0.3, -0.25) is 14.9 Å². The second-order valence-corrected chi connectivity index (χ2v) is 5.27. The third-order valence-corrected chi connectivity index (χ3v) is 3.80. The summed E-state index contributed by atoms with van der Waals surface area (Å²) in [7, 11) is 0. The fraction of sp³-hybridized carbons (Fsp3) is 0.308. The summed E-state index contributed by atoms with van der Waals surface area (Å²) in [6, 6.07) is 1.68. The molecule has 5 nitrogen and oxygen atoms in total. The Kier molecular flexibility index (Phi) is 3.53. The van der Waals surface area contributed by atoms with Crippen molar-refractivity contribution in [1.29, 1.82) is 0 Å². The molecule has 0 unspecified atom stereocenters. The molecule has 1 N–H and O–H groups in total. The van der Waals surface area contributed by atoms with Gasteiger partial charge in [-0.1, -0.05) is 11.3 Å². The van der Waals surface area contributed by atoms with Crippen molar-refractivity contribution in [2.75, 3.05) is 5.32 Å². The van der Waals surface area contributed by atoms with Crippen molar-refractivity contribution in [3.63, 3.8) is 0 Å². The third-order valence-electron chi connectivity index (χ3n) is 2.62. The normalized spacial score (nSPS) is 10.5. The maximum atomic E-state index is 12.0. The Labute approximate surface area is 114 Å². The van der Waals surface area contributed by atoms with E-state index < -0.39 is 0 Å². The minimum Gasteiger partial charge on any atom is -0.466 e. The van der Waals surface area contributed by atoms with Crippen LogP contribution in [0.3, 0.4) is 0 Å². The highest BCUT2D eigenvalue weighted by Crippen LogP contribution is 2.24. The van der Waals surface area contributed by atoms with Gasteiger partial charge in [-0.25, -0.2) is 4.98 Å². The molecule has 2 aromatic heterocycles. The number of nitrogens with one attached hydrogen (secondary N) is 1. The Balaban J connectivity index is 2.22. The van der Waals surface area contributed by atoms with Crippen LogP contribution in [0.2, 0.25) is 0 Å². The highest BCUT2D eigenvalue weighted by atomic mass is 32.1. The lowest BCUT2D eigenvalue weighted by Crippen LogP contribution is -2.11. The lowest BCUT2D eigenvalue weighted by molar-refractivity contribution is 0.101. The number of carbonyl (C=O) groups is 2. The molecule has 19 heavy (non-hydrogen) atoms. The lowest BCUT2D eigenvalue weighted by Gasteiger charge is -1.98. The molecule has 0 bridgehead atoms. The Morgan fingerprint density at radius 3 is 2.47 bits per heavy atom. The summed E-state index contributed by atoms with van der Waals surface area (Å²) in [6.45, 7) is 6.74. The van der Waals surface area contributed by atoms with E-state index in [2.05, 4.69) is 10.3 Å². The zero-order valence-corrected chi connectivity index (χ0v) is 12.0. The summed E-state index contributed by atoms with van der Waals surface area (Å²) >= 11 is 1.18. The molecule has 0 aliphatic rings. The zero-order valence-electron chi connectivity index (χ0n) is 11.2. The first kappa shape index (κ1) is 13.5. The van der Waals surface area contributed by atoms with E-state index in [9.17, 15) is 9.59 Å². The lowest BCUT2D eigenvalue weighted by atomic mass is 10.2. The van der Waals surface area contributed by atoms with Crippen molar-refractivity contribution in [1.82, 2.24) is 4.98 Å². The van der Waals surface area contributed by atoms with Gasteiger partial charge in [-0.05, 0) is 26.8 Å². The number of ketones is 1. The average Bonchev–Trinajstić information content (AvgIpc) is 2.81. The van der Waals surface area contributed by atoms with Crippen LogP contribution >= 0.6 is 11.3 Å². The quantitative estimate of drug-likeness (QED) is 0.875. The predicted octanol–water partition coefficient (Wildman–Crippen LogP) is 3.12. The Hall–Kier alpha value is -1.95. The van der Waals surface area contributed by atoms with E-state index in [0.29, 0.717) is 32.8 Å². The molecule has 0 aromatic carbocycles. The average molecular weight is 278 g/mol. The van der Waals surface area contributed by atoms with Crippen LogP contribution in [0.25, 0.3) is 0 Å². The molecule has 2 heterocycles. The number of anilines is 1. The maximum Gasteiger partial charge on any atom is 0.260 e. The topological polar surface area (TPSA) is 72.2 Å². The number of aryl methyl sites for hydroxylation is 3. The molecular weight excluding hydrogens is 264 g/mol. The number of carbonyl (C=O) groups excluding carboxylic acids is 2. The van der Waals surface area contributed by atoms with E-state index in [1.807, 2.05) is 0 Å². The van der Waals surface area contributed by atoms with Crippen LogP contribution in [0.4, 0.5) is 5.13 Å². The third kappa shape index (κ3) is 2.73. The fourth-order valence-electron chi connectivity index (χ4n) is 1.80. The second-order valence-electron chi connectivity index (χ2n) is 4.27. The van der Waals surface area contributed by atoms with Crippen molar-refractivity contribution in [2.45, 2.75) is 27.7 Å². The minimum atomic E-state index is -0.279. The van der Waals surface area contributed by atoms with Gasteiger partial charge in [0.05, 0.1) is 16.1 Å². The highest BCUT2D eigenvalue weighted by molar-refractivity contribution is 7.17. The van der Waals surface area contributed by atoms with E-state index in [4.69, 9.17) is 4.42 Å². The first-order valence-electron chi connectivity index (χ1n) is 5.75. The predicted molar refractivity (Wildman–Crippen MR) is 73.0 cm³/mol. The molecule has 1 amide bonds. The minimum absolute atomic E-state index is 0.0502. The van der Waals surface area contributed by atoms with Crippen molar-refractivity contribution >= 4 is 28.2 Å². The summed E-state index contributed by atoms with van der Waals surface area (Å²) in [5, 5.41) is 3.11. The number of hydrogen-bond acceptors (Lipinski definition) is 5. The van der Waals surface area contributed by atoms with Gasteiger partial charge in [0, 0.05) is 6.92 Å². The van der Waals surface area contributed by atoms with Gasteiger partial charge in [-0.15, -0.1) is 0 Å². The Bertz CT molecular complexity index is 655. The van der Waals surface area contributed by atoms with Gasteiger partial charge in [0.1, 0.15) is 11.5 Å². The number of furan rings is 1. The summed E-state index contributed by atoms with van der Waals surface area (Å²) < 4.78 is 5.31. The number of amides is 1. The number of rotatable bonds is 3. The molecule has 0 atom stereocenters. The van der Waals surface area contributed by atoms with Crippen molar-refractivity contribution in [3.8, 4) is 0 Å². The fourth-order valence-corrected chi connectivity index (χ4v) is 2.65. The van der Waals surface area contributed by atoms with Crippen LogP contribution in [0.15, 0.2) is 10.5 Å². The van der Waals surface area contributed by atoms with Gasteiger partial charge in [0.25, 0.3) is 5.91 Å². The molecule has 0 aliphatic carbocycles. The number of nitrogens with zero attached hydrogens (tertiary/aromatic N) is 1. The standard InChI is InChI=1S/C13H14N2O3S/c1-6-5-10(9(4)18-6)12(17)15-13-14-7(2)11(19-13)8(3)16/h5H,1-4H3,(H,14,15,17). The zero-order chi connectivity index (χ0) is 14.2. The summed E-state index contributed by atoms with van der Waals surface area (Å²) in [6.07, 6.45) is 0. The maximum absolute atomic E-state index is 12.0. The van der Waals surface area contributed by atoms with Gasteiger partial charge >= 0.3 is 0 Å². The molecule has 0 fully saturated rings. The van der Waals surface area contributed by atoms with Gasteiger partial charge in [0.15, 0.2) is 10.9 Å². The molecule has 0 saturated heterocycles. The number of Topliss-reactive ketones (excluding diaryl/α,β-unsaturated/α-hetero) is 1. The van der Waals surface area contributed by atoms with Crippen molar-refractivity contribution in [2.24, 2.45) is 0 Å². The van der Waals surface area contributed by atoms with Gasteiger partial charge in [-0.2, -0.15) is 0 Å². The van der Waals surface area contributed by atoms with Crippen LogP contribution in [0.5, 0.6) is 0 Å². The van der Waals surface area contributed by atoms with E-state index >= 15 is 0 Å². The van der Waals surface area contributed by atoms with Crippen LogP contribution in [0.1, 0.15) is 44.2 Å². The second kappa shape index (κ2) is 4.97. The smallest absolute Gasteiger partial charge is 0.260 e. The molecule has 2 aromatic rings. The first-order chi connectivity index (χ1) is 8.88. The summed E-state index contributed by atoms with van der Waals surface area (Å²) in [5.41, 5.74) is 1.11. The number of hydrogen-bond donors (Lipinski definition) is 1. The van der Waals surface area contributed by atoms with E-state index in [0.717, 1.165) is 0 Å². The molecule has 6 heteroatoms. The number of thiazole rings is 1. The van der Waals surface area contributed by atoms with Crippen LogP contribution < -0.4 is 5.32 Å². The van der Waals surface area contributed by atoms with Crippen molar-refractivity contribution in [3.05, 3.63) is 33.7 Å². The van der Waals surface area contributed by atoms with Gasteiger partial charge in [0.2, 0.25) is 0 Å². The largest absolute Gasteiger partial charge is 0.466 e. The molecule has 0 saturated carbocycles. The monoisotopic (exact) mass is 278 g/mol. The van der Waals surface area contributed by atoms with Crippen LogP contribution in [0, 0.1) is 20.8 Å². The molecular formula is C13H14N2O3S. The summed E-state index contributed by atoms with van der Waals surface area (Å²) in [4.78, 5) is 28.1. The van der Waals surface area contributed by atoms with Crippen molar-refractivity contribution < 1.29 is 14.0 Å². The highest BCUT2D eigenvalue weighted by Gasteiger charge is 2.17. The number of aromatic nitrogens is 1. The van der Waals surface area contributed by atoms with E-state index in [-0.39, 0.29) is 11.7 Å². The first-order valence-corrected chi connectivity index (χ1v) is 6.57. The molecule has 100 valence electrons. The van der Waals surface area contributed by atoms with Crippen LogP contribution in [-0.2, 0) is 0 Å². The van der Waals surface area contributed by atoms with E-state index in [1.54, 1.807) is 26.8 Å². The SMILES string of the molecule is CC(=O)c1sc(NC(=O)c2cc(C)oc2C)nc1C. The summed E-state index contributed by atoms with van der Waals surface area (Å²) in [5.74, 6) is 0.918. The Morgan fingerprint density at radius 2 is 2.00 bits per heavy atom. The molecule has 2 rings (SSSR count).